The van der Waals surface area contributed by atoms with E-state index in [1.54, 1.807) is 0 Å². The molecule has 0 amide bonds. The SMILES string of the molecule is COc1nc(NCC2(N(C)C)CCC2)nc(OC)n1. The summed E-state index contributed by atoms with van der Waals surface area (Å²) in [6.45, 7) is 0.802. The van der Waals surface area contributed by atoms with Crippen LogP contribution in [0.1, 0.15) is 19.3 Å². The standard InChI is InChI=1S/C12H21N5O2/c1-17(2)12(6-5-7-12)8-13-9-14-10(18-3)16-11(15-9)19-4/h5-8H2,1-4H3,(H,13,14,15,16). The maximum Gasteiger partial charge on any atom is 0.324 e. The van der Waals surface area contributed by atoms with Crippen LogP contribution in [-0.2, 0) is 0 Å². The van der Waals surface area contributed by atoms with Crippen molar-refractivity contribution in [2.45, 2.75) is 24.8 Å². The molecule has 0 radical (unpaired) electrons. The molecule has 1 fully saturated rings. The van der Waals surface area contributed by atoms with Crippen molar-refractivity contribution in [1.82, 2.24) is 19.9 Å². The van der Waals surface area contributed by atoms with Gasteiger partial charge in [0.05, 0.1) is 14.2 Å². The summed E-state index contributed by atoms with van der Waals surface area (Å²) in [7, 11) is 7.25. The van der Waals surface area contributed by atoms with Gasteiger partial charge in [-0.15, -0.1) is 4.98 Å². The molecule has 1 aliphatic rings. The summed E-state index contributed by atoms with van der Waals surface area (Å²) in [4.78, 5) is 14.6. The highest BCUT2D eigenvalue weighted by Crippen LogP contribution is 2.36. The molecule has 106 valence electrons. The molecule has 0 unspecified atom stereocenters. The Balaban J connectivity index is 2.06. The Morgan fingerprint density at radius 3 is 2.05 bits per heavy atom. The Morgan fingerprint density at radius 2 is 1.68 bits per heavy atom. The fourth-order valence-electron chi connectivity index (χ4n) is 2.21. The fraction of sp³-hybridized carbons (Fsp3) is 0.750. The predicted molar refractivity (Wildman–Crippen MR) is 71.7 cm³/mol. The minimum Gasteiger partial charge on any atom is -0.467 e. The lowest BCUT2D eigenvalue weighted by atomic mass is 9.75. The predicted octanol–water partition coefficient (Wildman–Crippen LogP) is 0.785. The molecule has 0 atom stereocenters. The number of nitrogens with one attached hydrogen (secondary N) is 1. The van der Waals surface area contributed by atoms with E-state index in [9.17, 15) is 0 Å². The molecule has 2 rings (SSSR count). The number of rotatable bonds is 6. The maximum absolute atomic E-state index is 5.02. The third kappa shape index (κ3) is 2.86. The number of nitrogens with zero attached hydrogens (tertiary/aromatic N) is 4. The van der Waals surface area contributed by atoms with Crippen LogP contribution in [-0.4, -0.2) is 60.3 Å². The number of likely N-dealkylation sites (N-methyl/N-ethyl adjacent to an activating group) is 1. The molecule has 7 heteroatoms. The number of hydrogen-bond donors (Lipinski definition) is 1. The van der Waals surface area contributed by atoms with Crippen LogP contribution in [0.15, 0.2) is 0 Å². The zero-order valence-electron chi connectivity index (χ0n) is 11.9. The van der Waals surface area contributed by atoms with Gasteiger partial charge in [-0.05, 0) is 33.4 Å². The van der Waals surface area contributed by atoms with E-state index in [4.69, 9.17) is 9.47 Å². The highest BCUT2D eigenvalue weighted by Gasteiger charge is 2.38. The Labute approximate surface area is 113 Å². The molecule has 1 heterocycles. The van der Waals surface area contributed by atoms with Crippen molar-refractivity contribution in [2.24, 2.45) is 0 Å². The van der Waals surface area contributed by atoms with Crippen LogP contribution in [0.5, 0.6) is 12.0 Å². The van der Waals surface area contributed by atoms with E-state index in [1.165, 1.54) is 33.5 Å². The zero-order chi connectivity index (χ0) is 13.9. The van der Waals surface area contributed by atoms with Gasteiger partial charge in [0.25, 0.3) is 0 Å². The fourth-order valence-corrected chi connectivity index (χ4v) is 2.21. The molecule has 0 bridgehead atoms. The van der Waals surface area contributed by atoms with E-state index < -0.39 is 0 Å². The Bertz CT molecular complexity index is 412. The molecule has 1 aromatic rings. The smallest absolute Gasteiger partial charge is 0.324 e. The first-order valence-electron chi connectivity index (χ1n) is 6.35. The maximum atomic E-state index is 5.02. The Morgan fingerprint density at radius 1 is 1.11 bits per heavy atom. The van der Waals surface area contributed by atoms with Gasteiger partial charge in [-0.2, -0.15) is 9.97 Å². The van der Waals surface area contributed by atoms with Crippen LogP contribution in [0, 0.1) is 0 Å². The molecule has 7 nitrogen and oxygen atoms in total. The second-order valence-corrected chi connectivity index (χ2v) is 4.96. The summed E-state index contributed by atoms with van der Waals surface area (Å²) in [5.41, 5.74) is 0.201. The van der Waals surface area contributed by atoms with Crippen LogP contribution >= 0.6 is 0 Å². The average molecular weight is 267 g/mol. The third-order valence-corrected chi connectivity index (χ3v) is 3.77. The minimum atomic E-state index is 0.201. The van der Waals surface area contributed by atoms with Gasteiger partial charge in [0.15, 0.2) is 0 Å². The van der Waals surface area contributed by atoms with Gasteiger partial charge in [0.2, 0.25) is 5.95 Å². The highest BCUT2D eigenvalue weighted by molar-refractivity contribution is 5.29. The number of anilines is 1. The number of methoxy groups -OCH3 is 2. The monoisotopic (exact) mass is 267 g/mol. The van der Waals surface area contributed by atoms with E-state index in [0.717, 1.165) is 6.54 Å². The van der Waals surface area contributed by atoms with Gasteiger partial charge in [0.1, 0.15) is 0 Å². The molecule has 0 saturated heterocycles. The van der Waals surface area contributed by atoms with E-state index in [0.29, 0.717) is 5.95 Å². The lowest BCUT2D eigenvalue weighted by Crippen LogP contribution is -2.54. The third-order valence-electron chi connectivity index (χ3n) is 3.77. The quantitative estimate of drug-likeness (QED) is 0.816. The van der Waals surface area contributed by atoms with Gasteiger partial charge >= 0.3 is 12.0 Å². The summed E-state index contributed by atoms with van der Waals surface area (Å²) in [5, 5.41) is 3.25. The largest absolute Gasteiger partial charge is 0.467 e. The van der Waals surface area contributed by atoms with Crippen LogP contribution in [0.4, 0.5) is 5.95 Å². The van der Waals surface area contributed by atoms with Crippen molar-refractivity contribution in [1.29, 1.82) is 0 Å². The first kappa shape index (κ1) is 13.8. The van der Waals surface area contributed by atoms with Crippen molar-refractivity contribution in [3.63, 3.8) is 0 Å². The van der Waals surface area contributed by atoms with Crippen molar-refractivity contribution in [2.75, 3.05) is 40.2 Å². The summed E-state index contributed by atoms with van der Waals surface area (Å²) < 4.78 is 10.0. The van der Waals surface area contributed by atoms with E-state index in [-0.39, 0.29) is 17.6 Å². The first-order valence-corrected chi connectivity index (χ1v) is 6.35. The molecule has 1 N–H and O–H groups in total. The molecule has 0 spiro atoms. The summed E-state index contributed by atoms with van der Waals surface area (Å²) in [5.74, 6) is 0.483. The molecule has 1 aromatic heterocycles. The normalized spacial score (nSPS) is 16.9. The van der Waals surface area contributed by atoms with Crippen molar-refractivity contribution < 1.29 is 9.47 Å². The topological polar surface area (TPSA) is 72.4 Å². The van der Waals surface area contributed by atoms with Gasteiger partial charge in [-0.3, -0.25) is 0 Å². The molecule has 1 aliphatic carbocycles. The van der Waals surface area contributed by atoms with Crippen molar-refractivity contribution >= 4 is 5.95 Å². The average Bonchev–Trinajstić information content (AvgIpc) is 2.36. The second-order valence-electron chi connectivity index (χ2n) is 4.96. The zero-order valence-corrected chi connectivity index (χ0v) is 11.9. The lowest BCUT2D eigenvalue weighted by Gasteiger charge is -2.47. The molecule has 0 aromatic carbocycles. The summed E-state index contributed by atoms with van der Waals surface area (Å²) in [6, 6.07) is 0.503. The van der Waals surface area contributed by atoms with Gasteiger partial charge in [0, 0.05) is 12.1 Å². The van der Waals surface area contributed by atoms with Crippen LogP contribution in [0.25, 0.3) is 0 Å². The number of ether oxygens (including phenoxy) is 2. The molecular formula is C12H21N5O2. The number of hydrogen-bond acceptors (Lipinski definition) is 7. The van der Waals surface area contributed by atoms with Crippen molar-refractivity contribution in [3.05, 3.63) is 0 Å². The molecule has 19 heavy (non-hydrogen) atoms. The van der Waals surface area contributed by atoms with Crippen LogP contribution in [0.3, 0.4) is 0 Å². The summed E-state index contributed by atoms with van der Waals surface area (Å²) in [6.07, 6.45) is 3.64. The number of aromatic nitrogens is 3. The van der Waals surface area contributed by atoms with E-state index in [2.05, 4.69) is 39.3 Å². The molecule has 1 saturated carbocycles. The Hall–Kier alpha value is -1.63. The highest BCUT2D eigenvalue weighted by atomic mass is 16.5. The summed E-state index contributed by atoms with van der Waals surface area (Å²) >= 11 is 0. The van der Waals surface area contributed by atoms with Gasteiger partial charge in [-0.1, -0.05) is 0 Å². The lowest BCUT2D eigenvalue weighted by molar-refractivity contribution is 0.0737. The Kier molecular flexibility index (Phi) is 4.04. The minimum absolute atomic E-state index is 0.201. The van der Waals surface area contributed by atoms with Crippen molar-refractivity contribution in [3.8, 4) is 12.0 Å². The van der Waals surface area contributed by atoms with Crippen LogP contribution < -0.4 is 14.8 Å². The first-order chi connectivity index (χ1) is 9.09. The van der Waals surface area contributed by atoms with Gasteiger partial charge in [-0.25, -0.2) is 0 Å². The van der Waals surface area contributed by atoms with Gasteiger partial charge < -0.3 is 19.7 Å². The molecule has 0 aliphatic heterocycles. The van der Waals surface area contributed by atoms with Crippen LogP contribution in [0.2, 0.25) is 0 Å². The van der Waals surface area contributed by atoms with E-state index >= 15 is 0 Å². The van der Waals surface area contributed by atoms with E-state index in [1.807, 2.05) is 0 Å². The molecular weight excluding hydrogens is 246 g/mol. The second kappa shape index (κ2) is 5.56.